The number of aryl methyl sites for hydroxylation is 1. The van der Waals surface area contributed by atoms with E-state index in [4.69, 9.17) is 11.6 Å². The standard InChI is InChI=1S/C17H16ClNOS/c1-2-12-5-3-4-6-15(12)19-16(20)11-21-17(19)13-7-9-14(18)10-8-13/h3-10,17H,2,11H2,1H3. The number of carbonyl (C=O) groups excluding carboxylic acids is 1. The van der Waals surface area contributed by atoms with Crippen LogP contribution >= 0.6 is 23.4 Å². The Hall–Kier alpha value is -1.45. The lowest BCUT2D eigenvalue weighted by atomic mass is 10.1. The highest BCUT2D eigenvalue weighted by Gasteiger charge is 2.34. The highest BCUT2D eigenvalue weighted by molar-refractivity contribution is 8.00. The van der Waals surface area contributed by atoms with Gasteiger partial charge in [0.2, 0.25) is 5.91 Å². The zero-order valence-corrected chi connectivity index (χ0v) is 13.3. The number of rotatable bonds is 3. The molecule has 0 N–H and O–H groups in total. The van der Waals surface area contributed by atoms with Crippen molar-refractivity contribution in [3.63, 3.8) is 0 Å². The molecule has 1 amide bonds. The summed E-state index contributed by atoms with van der Waals surface area (Å²) in [6.07, 6.45) is 0.915. The van der Waals surface area contributed by atoms with E-state index in [2.05, 4.69) is 13.0 Å². The molecule has 21 heavy (non-hydrogen) atoms. The van der Waals surface area contributed by atoms with Crippen LogP contribution in [-0.4, -0.2) is 11.7 Å². The van der Waals surface area contributed by atoms with Crippen LogP contribution in [0.15, 0.2) is 48.5 Å². The molecule has 1 fully saturated rings. The van der Waals surface area contributed by atoms with Crippen LogP contribution in [0.1, 0.15) is 23.4 Å². The second-order valence-corrected chi connectivity index (χ2v) is 6.47. The molecule has 1 aliphatic rings. The number of hydrogen-bond acceptors (Lipinski definition) is 2. The minimum Gasteiger partial charge on any atom is -0.295 e. The number of amides is 1. The zero-order chi connectivity index (χ0) is 14.8. The first kappa shape index (κ1) is 14.5. The topological polar surface area (TPSA) is 20.3 Å². The Morgan fingerprint density at radius 2 is 1.90 bits per heavy atom. The second-order valence-electron chi connectivity index (χ2n) is 4.96. The molecule has 1 aliphatic heterocycles. The van der Waals surface area contributed by atoms with Crippen molar-refractivity contribution in [1.82, 2.24) is 0 Å². The van der Waals surface area contributed by atoms with Crippen LogP contribution in [-0.2, 0) is 11.2 Å². The van der Waals surface area contributed by atoms with Gasteiger partial charge in [-0.25, -0.2) is 0 Å². The minimum absolute atomic E-state index is 0.0301. The number of carbonyl (C=O) groups is 1. The molecule has 0 aliphatic carbocycles. The zero-order valence-electron chi connectivity index (χ0n) is 11.8. The summed E-state index contributed by atoms with van der Waals surface area (Å²) in [5.74, 6) is 0.687. The first-order chi connectivity index (χ1) is 10.2. The maximum Gasteiger partial charge on any atom is 0.238 e. The van der Waals surface area contributed by atoms with Crippen LogP contribution in [0.3, 0.4) is 0 Å². The molecule has 1 heterocycles. The fourth-order valence-corrected chi connectivity index (χ4v) is 3.90. The van der Waals surface area contributed by atoms with Gasteiger partial charge in [-0.1, -0.05) is 48.9 Å². The van der Waals surface area contributed by atoms with E-state index in [0.29, 0.717) is 10.8 Å². The number of anilines is 1. The molecule has 0 spiro atoms. The summed E-state index contributed by atoms with van der Waals surface area (Å²) in [6.45, 7) is 2.11. The highest BCUT2D eigenvalue weighted by Crippen LogP contribution is 2.43. The van der Waals surface area contributed by atoms with Crippen molar-refractivity contribution in [3.8, 4) is 0 Å². The Morgan fingerprint density at radius 3 is 2.62 bits per heavy atom. The molecule has 4 heteroatoms. The molecule has 0 bridgehead atoms. The summed E-state index contributed by atoms with van der Waals surface area (Å²) in [5, 5.41) is 0.746. The van der Waals surface area contributed by atoms with Gasteiger partial charge in [-0.15, -0.1) is 11.8 Å². The van der Waals surface area contributed by atoms with E-state index in [9.17, 15) is 4.79 Å². The lowest BCUT2D eigenvalue weighted by Crippen LogP contribution is -2.28. The predicted octanol–water partition coefficient (Wildman–Crippen LogP) is 4.68. The number of halogens is 1. The molecular weight excluding hydrogens is 302 g/mol. The maximum absolute atomic E-state index is 12.4. The van der Waals surface area contributed by atoms with Crippen LogP contribution < -0.4 is 4.90 Å². The second kappa shape index (κ2) is 6.12. The minimum atomic E-state index is 0.0301. The van der Waals surface area contributed by atoms with Crippen molar-refractivity contribution >= 4 is 35.0 Å². The van der Waals surface area contributed by atoms with Crippen LogP contribution in [0.5, 0.6) is 0 Å². The molecule has 1 saturated heterocycles. The molecule has 1 unspecified atom stereocenters. The van der Waals surface area contributed by atoms with Crippen molar-refractivity contribution in [2.45, 2.75) is 18.7 Å². The summed E-state index contributed by atoms with van der Waals surface area (Å²) in [6, 6.07) is 15.9. The van der Waals surface area contributed by atoms with E-state index < -0.39 is 0 Å². The molecule has 2 aromatic rings. The first-order valence-corrected chi connectivity index (χ1v) is 8.40. The molecule has 3 rings (SSSR count). The quantitative estimate of drug-likeness (QED) is 0.819. The Kier molecular flexibility index (Phi) is 4.22. The van der Waals surface area contributed by atoms with Crippen molar-refractivity contribution in [1.29, 1.82) is 0 Å². The fraction of sp³-hybridized carbons (Fsp3) is 0.235. The third-order valence-electron chi connectivity index (χ3n) is 3.66. The monoisotopic (exact) mass is 317 g/mol. The molecule has 0 saturated carbocycles. The summed E-state index contributed by atoms with van der Waals surface area (Å²) < 4.78 is 0. The van der Waals surface area contributed by atoms with Crippen molar-refractivity contribution < 1.29 is 4.79 Å². The highest BCUT2D eigenvalue weighted by atomic mass is 35.5. The summed E-state index contributed by atoms with van der Waals surface area (Å²) in [5.41, 5.74) is 3.34. The van der Waals surface area contributed by atoms with Gasteiger partial charge in [-0.2, -0.15) is 0 Å². The molecule has 0 aromatic heterocycles. The molecule has 1 atom stereocenters. The number of hydrogen-bond donors (Lipinski definition) is 0. The van der Waals surface area contributed by atoms with Gasteiger partial charge in [-0.3, -0.25) is 9.69 Å². The SMILES string of the molecule is CCc1ccccc1N1C(=O)CSC1c1ccc(Cl)cc1. The molecule has 2 nitrogen and oxygen atoms in total. The van der Waals surface area contributed by atoms with Crippen LogP contribution in [0.2, 0.25) is 5.02 Å². The summed E-state index contributed by atoms with van der Waals surface area (Å²) >= 11 is 7.63. The maximum atomic E-state index is 12.4. The number of benzene rings is 2. The van der Waals surface area contributed by atoms with Gasteiger partial charge in [-0.05, 0) is 35.7 Å². The van der Waals surface area contributed by atoms with E-state index in [0.717, 1.165) is 17.7 Å². The van der Waals surface area contributed by atoms with Gasteiger partial charge in [0.15, 0.2) is 0 Å². The average Bonchev–Trinajstić information content (AvgIpc) is 2.89. The smallest absolute Gasteiger partial charge is 0.238 e. The van der Waals surface area contributed by atoms with Crippen LogP contribution in [0, 0.1) is 0 Å². The third-order valence-corrected chi connectivity index (χ3v) is 5.12. The molecule has 2 aromatic carbocycles. The van der Waals surface area contributed by atoms with E-state index >= 15 is 0 Å². The van der Waals surface area contributed by atoms with Gasteiger partial charge >= 0.3 is 0 Å². The predicted molar refractivity (Wildman–Crippen MR) is 90.0 cm³/mol. The van der Waals surface area contributed by atoms with Gasteiger partial charge in [0.05, 0.1) is 5.75 Å². The molecule has 0 radical (unpaired) electrons. The van der Waals surface area contributed by atoms with Gasteiger partial charge in [0.25, 0.3) is 0 Å². The van der Waals surface area contributed by atoms with Gasteiger partial charge < -0.3 is 0 Å². The Morgan fingerprint density at radius 1 is 1.19 bits per heavy atom. The van der Waals surface area contributed by atoms with Crippen molar-refractivity contribution in [2.24, 2.45) is 0 Å². The Bertz CT molecular complexity index is 656. The average molecular weight is 318 g/mol. The van der Waals surface area contributed by atoms with Gasteiger partial charge in [0, 0.05) is 10.7 Å². The third kappa shape index (κ3) is 2.81. The molecule has 108 valence electrons. The Balaban J connectivity index is 2.01. The fourth-order valence-electron chi connectivity index (χ4n) is 2.60. The number of para-hydroxylation sites is 1. The van der Waals surface area contributed by atoms with E-state index in [1.165, 1.54) is 5.56 Å². The van der Waals surface area contributed by atoms with Crippen molar-refractivity contribution in [3.05, 3.63) is 64.7 Å². The van der Waals surface area contributed by atoms with E-state index in [-0.39, 0.29) is 11.3 Å². The van der Waals surface area contributed by atoms with E-state index in [1.807, 2.05) is 47.4 Å². The summed E-state index contributed by atoms with van der Waals surface area (Å²) in [4.78, 5) is 14.3. The lowest BCUT2D eigenvalue weighted by Gasteiger charge is -2.26. The normalized spacial score (nSPS) is 18.3. The lowest BCUT2D eigenvalue weighted by molar-refractivity contribution is -0.115. The first-order valence-electron chi connectivity index (χ1n) is 6.97. The number of nitrogens with zero attached hydrogens (tertiary/aromatic N) is 1. The number of thioether (sulfide) groups is 1. The van der Waals surface area contributed by atoms with E-state index in [1.54, 1.807) is 11.8 Å². The molecular formula is C17H16ClNOS. The largest absolute Gasteiger partial charge is 0.295 e. The van der Waals surface area contributed by atoms with Gasteiger partial charge in [0.1, 0.15) is 5.37 Å². The van der Waals surface area contributed by atoms with Crippen LogP contribution in [0.25, 0.3) is 0 Å². The Labute approximate surface area is 134 Å². The summed E-state index contributed by atoms with van der Waals surface area (Å²) in [7, 11) is 0. The van der Waals surface area contributed by atoms with Crippen LogP contribution in [0.4, 0.5) is 5.69 Å². The van der Waals surface area contributed by atoms with Crippen molar-refractivity contribution in [2.75, 3.05) is 10.7 Å².